The molecular weight excluding hydrogens is 507 g/mol. The highest BCUT2D eigenvalue weighted by molar-refractivity contribution is 7.99. The Bertz CT molecular complexity index is 1130. The van der Waals surface area contributed by atoms with Crippen LogP contribution in [0.2, 0.25) is 0 Å². The van der Waals surface area contributed by atoms with E-state index in [2.05, 4.69) is 36.8 Å². The summed E-state index contributed by atoms with van der Waals surface area (Å²) in [5.41, 5.74) is 3.29. The molecule has 4 rings (SSSR count). The highest BCUT2D eigenvalue weighted by atomic mass is 32.2. The molecule has 6 heteroatoms. The van der Waals surface area contributed by atoms with Gasteiger partial charge in [-0.15, -0.1) is 23.1 Å². The van der Waals surface area contributed by atoms with Crippen molar-refractivity contribution in [2.24, 2.45) is 0 Å². The van der Waals surface area contributed by atoms with Gasteiger partial charge in [0, 0.05) is 17.4 Å². The summed E-state index contributed by atoms with van der Waals surface area (Å²) in [7, 11) is 0. The molecule has 0 aliphatic carbocycles. The van der Waals surface area contributed by atoms with Crippen LogP contribution in [0.25, 0.3) is 20.4 Å². The van der Waals surface area contributed by atoms with Crippen molar-refractivity contribution < 1.29 is 4.74 Å². The molecular formula is C32H49N3OS2. The fraction of sp³-hybridized carbons (Fsp3) is 0.719. The molecule has 4 nitrogen and oxygen atoms in total. The lowest BCUT2D eigenvalue weighted by Gasteiger charge is -2.30. The summed E-state index contributed by atoms with van der Waals surface area (Å²) >= 11 is 3.64. The monoisotopic (exact) mass is 555 g/mol. The molecule has 0 spiro atoms. The van der Waals surface area contributed by atoms with Gasteiger partial charge in [-0.25, -0.2) is 15.0 Å². The molecule has 210 valence electrons. The van der Waals surface area contributed by atoms with E-state index in [0.717, 1.165) is 32.9 Å². The largest absolute Gasteiger partial charge is 0.370 e. The number of thioether (sulfide) groups is 1. The normalized spacial score (nSPS) is 14.9. The second kappa shape index (κ2) is 15.5. The first kappa shape index (κ1) is 29.7. The van der Waals surface area contributed by atoms with E-state index in [1.54, 1.807) is 17.7 Å². The highest BCUT2D eigenvalue weighted by Crippen LogP contribution is 2.39. The summed E-state index contributed by atoms with van der Waals surface area (Å²) in [5.74, 6) is 1.13. The second-order valence-corrected chi connectivity index (χ2v) is 13.9. The number of thiophene rings is 1. The molecule has 0 bridgehead atoms. The maximum atomic E-state index is 6.02. The molecule has 0 aromatic carbocycles. The summed E-state index contributed by atoms with van der Waals surface area (Å²) in [6.45, 7) is 7.22. The van der Waals surface area contributed by atoms with Crippen molar-refractivity contribution in [3.63, 3.8) is 0 Å². The molecule has 1 aliphatic rings. The zero-order valence-electron chi connectivity index (χ0n) is 24.2. The molecule has 0 radical (unpaired) electrons. The Labute approximate surface area is 239 Å². The Hall–Kier alpha value is -1.24. The van der Waals surface area contributed by atoms with Crippen LogP contribution in [0.5, 0.6) is 0 Å². The smallest absolute Gasteiger partial charge is 0.126 e. The van der Waals surface area contributed by atoms with Crippen LogP contribution in [-0.2, 0) is 17.8 Å². The predicted octanol–water partition coefficient (Wildman–Crippen LogP) is 10.4. The third kappa shape index (κ3) is 8.89. The Morgan fingerprint density at radius 2 is 1.45 bits per heavy atom. The van der Waals surface area contributed by atoms with E-state index in [4.69, 9.17) is 9.72 Å². The summed E-state index contributed by atoms with van der Waals surface area (Å²) in [6, 6.07) is 2.25. The van der Waals surface area contributed by atoms with Gasteiger partial charge in [0.25, 0.3) is 0 Å². The molecule has 3 aromatic rings. The van der Waals surface area contributed by atoms with Crippen LogP contribution >= 0.6 is 23.1 Å². The van der Waals surface area contributed by atoms with Crippen molar-refractivity contribution >= 4 is 43.5 Å². The van der Waals surface area contributed by atoms with E-state index in [1.807, 2.05) is 11.8 Å². The lowest BCUT2D eigenvalue weighted by atomic mass is 9.95. The van der Waals surface area contributed by atoms with Crippen molar-refractivity contribution in [3.05, 3.63) is 23.7 Å². The molecule has 0 atom stereocenters. The molecule has 0 N–H and O–H groups in total. The summed E-state index contributed by atoms with van der Waals surface area (Å²) in [6.07, 6.45) is 25.2. The van der Waals surface area contributed by atoms with Gasteiger partial charge in [0.15, 0.2) is 0 Å². The Morgan fingerprint density at radius 3 is 2.08 bits per heavy atom. The molecule has 1 aliphatic heterocycles. The van der Waals surface area contributed by atoms with E-state index >= 15 is 0 Å². The Morgan fingerprint density at radius 1 is 0.842 bits per heavy atom. The number of hydrogen-bond donors (Lipinski definition) is 0. The van der Waals surface area contributed by atoms with Crippen LogP contribution in [0.4, 0.5) is 0 Å². The van der Waals surface area contributed by atoms with E-state index in [0.29, 0.717) is 6.61 Å². The van der Waals surface area contributed by atoms with Gasteiger partial charge in [-0.05, 0) is 32.1 Å². The lowest BCUT2D eigenvalue weighted by molar-refractivity contribution is -0.0411. The van der Waals surface area contributed by atoms with E-state index in [1.165, 1.54) is 119 Å². The SMILES string of the molecule is CCCCCCCCCCCCCCCCCCSc1ncnc2c1sc1nc3c(cc12)COC(C)(C)C3. The number of hydrogen-bond acceptors (Lipinski definition) is 6. The van der Waals surface area contributed by atoms with Crippen LogP contribution in [0, 0.1) is 0 Å². The highest BCUT2D eigenvalue weighted by Gasteiger charge is 2.28. The van der Waals surface area contributed by atoms with Crippen LogP contribution in [-0.4, -0.2) is 26.3 Å². The first-order valence-corrected chi connectivity index (χ1v) is 17.2. The number of unbranched alkanes of at least 4 members (excludes halogenated alkanes) is 15. The molecule has 0 saturated heterocycles. The molecule has 0 saturated carbocycles. The van der Waals surface area contributed by atoms with Crippen molar-refractivity contribution in [1.29, 1.82) is 0 Å². The van der Waals surface area contributed by atoms with Crippen molar-refractivity contribution in [2.75, 3.05) is 5.75 Å². The molecule has 4 heterocycles. The molecule has 0 unspecified atom stereocenters. The number of fused-ring (bicyclic) bond motifs is 4. The van der Waals surface area contributed by atoms with Crippen molar-refractivity contribution in [2.45, 2.75) is 147 Å². The number of aromatic nitrogens is 3. The van der Waals surface area contributed by atoms with E-state index in [-0.39, 0.29) is 5.60 Å². The van der Waals surface area contributed by atoms with Crippen LogP contribution in [0.15, 0.2) is 17.4 Å². The Kier molecular flexibility index (Phi) is 12.1. The maximum Gasteiger partial charge on any atom is 0.126 e. The topological polar surface area (TPSA) is 47.9 Å². The van der Waals surface area contributed by atoms with Crippen LogP contribution in [0.1, 0.15) is 135 Å². The van der Waals surface area contributed by atoms with Gasteiger partial charge in [-0.1, -0.05) is 103 Å². The number of pyridine rings is 1. The van der Waals surface area contributed by atoms with Gasteiger partial charge >= 0.3 is 0 Å². The van der Waals surface area contributed by atoms with Crippen molar-refractivity contribution in [3.8, 4) is 0 Å². The van der Waals surface area contributed by atoms with Crippen molar-refractivity contribution in [1.82, 2.24) is 15.0 Å². The molecule has 0 amide bonds. The van der Waals surface area contributed by atoms with Crippen LogP contribution < -0.4 is 0 Å². The number of rotatable bonds is 18. The Balaban J connectivity index is 1.10. The standard InChI is InChI=1S/C32H49N3OS2/c1-4-5-6-7-8-9-10-11-12-13-14-15-16-17-18-19-20-37-31-29-28(33-24-34-31)26-21-25-23-36-32(2,3)22-27(25)35-30(26)38-29/h21,24H,4-20,22-23H2,1-3H3. The number of ether oxygens (including phenoxy) is 1. The van der Waals surface area contributed by atoms with Crippen LogP contribution in [0.3, 0.4) is 0 Å². The minimum atomic E-state index is -0.141. The number of nitrogens with zero attached hydrogens (tertiary/aromatic N) is 3. The predicted molar refractivity (Wildman–Crippen MR) is 166 cm³/mol. The van der Waals surface area contributed by atoms with Gasteiger partial charge in [-0.3, -0.25) is 0 Å². The second-order valence-electron chi connectivity index (χ2n) is 11.8. The lowest BCUT2D eigenvalue weighted by Crippen LogP contribution is -2.32. The first-order valence-electron chi connectivity index (χ1n) is 15.4. The fourth-order valence-corrected chi connectivity index (χ4v) is 7.69. The van der Waals surface area contributed by atoms with E-state index < -0.39 is 0 Å². The van der Waals surface area contributed by atoms with Gasteiger partial charge in [0.1, 0.15) is 16.2 Å². The fourth-order valence-electron chi connectivity index (χ4n) is 5.49. The average Bonchev–Trinajstić information content (AvgIpc) is 3.26. The quantitative estimate of drug-likeness (QED) is 0.0887. The molecule has 38 heavy (non-hydrogen) atoms. The third-order valence-electron chi connectivity index (χ3n) is 7.83. The molecule has 3 aromatic heterocycles. The summed E-state index contributed by atoms with van der Waals surface area (Å²) < 4.78 is 7.22. The molecule has 0 fully saturated rings. The van der Waals surface area contributed by atoms with E-state index in [9.17, 15) is 0 Å². The maximum absolute atomic E-state index is 6.02. The van der Waals surface area contributed by atoms with Gasteiger partial charge in [0.2, 0.25) is 0 Å². The summed E-state index contributed by atoms with van der Waals surface area (Å²) in [5, 5.41) is 2.27. The zero-order valence-corrected chi connectivity index (χ0v) is 25.8. The minimum absolute atomic E-state index is 0.141. The zero-order chi connectivity index (χ0) is 26.6. The average molecular weight is 556 g/mol. The minimum Gasteiger partial charge on any atom is -0.370 e. The first-order chi connectivity index (χ1) is 18.6. The van der Waals surface area contributed by atoms with Gasteiger partial charge in [0.05, 0.1) is 28.1 Å². The third-order valence-corrected chi connectivity index (χ3v) is 10.1. The summed E-state index contributed by atoms with van der Waals surface area (Å²) in [4.78, 5) is 15.4. The van der Waals surface area contributed by atoms with Gasteiger partial charge in [-0.2, -0.15) is 0 Å². The van der Waals surface area contributed by atoms with Gasteiger partial charge < -0.3 is 4.74 Å².